The van der Waals surface area contributed by atoms with Gasteiger partial charge in [0.1, 0.15) is 5.03 Å². The fraction of sp³-hybridized carbons (Fsp3) is 0.353. The number of hydrogen-bond acceptors (Lipinski definition) is 4. The zero-order valence-electron chi connectivity index (χ0n) is 13.1. The van der Waals surface area contributed by atoms with Crippen molar-refractivity contribution in [3.8, 4) is 0 Å². The first-order valence-electron chi connectivity index (χ1n) is 7.96. The standard InChI is InChI=1S/C17H18N2O3S2/c20-17(21)13-8-4-5-9-14(13)24-15-10-11-16(19(22)18-15)23-12-6-2-1-3-7-12/h4-5,8-12H,1-3,6-7H2,(H-,18,20,21,22)/p+1. The highest BCUT2D eigenvalue weighted by Crippen LogP contribution is 2.33. The molecule has 0 spiro atoms. The second kappa shape index (κ2) is 7.90. The van der Waals surface area contributed by atoms with Crippen LogP contribution in [0.2, 0.25) is 0 Å². The molecule has 1 aliphatic carbocycles. The molecule has 24 heavy (non-hydrogen) atoms. The number of carbonyl (C=O) groups is 1. The van der Waals surface area contributed by atoms with Crippen LogP contribution in [-0.2, 0) is 0 Å². The average Bonchev–Trinajstić information content (AvgIpc) is 2.58. The van der Waals surface area contributed by atoms with Crippen molar-refractivity contribution in [3.05, 3.63) is 46.9 Å². The van der Waals surface area contributed by atoms with Gasteiger partial charge >= 0.3 is 11.0 Å². The first-order valence-corrected chi connectivity index (χ1v) is 9.66. The summed E-state index contributed by atoms with van der Waals surface area (Å²) >= 11 is 2.88. The van der Waals surface area contributed by atoms with Gasteiger partial charge in [-0.3, -0.25) is 0 Å². The smallest absolute Gasteiger partial charge is 0.336 e. The highest BCUT2D eigenvalue weighted by molar-refractivity contribution is 8.00. The summed E-state index contributed by atoms with van der Waals surface area (Å²) in [5, 5.41) is 13.8. The summed E-state index contributed by atoms with van der Waals surface area (Å²) in [5.41, 5.74) is 0.231. The molecule has 7 heteroatoms. The molecule has 1 aliphatic rings. The van der Waals surface area contributed by atoms with Crippen LogP contribution in [-0.4, -0.2) is 21.4 Å². The lowest BCUT2D eigenvalue weighted by Crippen LogP contribution is -2.24. The summed E-state index contributed by atoms with van der Waals surface area (Å²) in [6.07, 6.45) is 6.08. The Hall–Kier alpha value is -1.73. The van der Waals surface area contributed by atoms with Gasteiger partial charge in [-0.1, -0.05) is 43.2 Å². The SMILES string of the molecule is O=C(O)c1ccccc1Sc1ccc(SC2CCCCC2)[n+](=O)[nH]1. The Morgan fingerprint density at radius 2 is 1.88 bits per heavy atom. The number of carboxylic acids is 1. The summed E-state index contributed by atoms with van der Waals surface area (Å²) in [6, 6.07) is 10.4. The normalized spacial score (nSPS) is 15.3. The van der Waals surface area contributed by atoms with Gasteiger partial charge in [0.05, 0.1) is 10.5 Å². The van der Waals surface area contributed by atoms with E-state index in [-0.39, 0.29) is 5.56 Å². The van der Waals surface area contributed by atoms with Crippen molar-refractivity contribution in [2.75, 3.05) is 0 Å². The molecule has 1 aromatic carbocycles. The van der Waals surface area contributed by atoms with E-state index >= 15 is 0 Å². The monoisotopic (exact) mass is 363 g/mol. The number of H-pyrrole nitrogens is 1. The predicted octanol–water partition coefficient (Wildman–Crippen LogP) is 4.20. The quantitative estimate of drug-likeness (QED) is 0.779. The van der Waals surface area contributed by atoms with Crippen LogP contribution >= 0.6 is 23.5 Å². The van der Waals surface area contributed by atoms with E-state index in [1.165, 1.54) is 31.0 Å². The number of benzene rings is 1. The van der Waals surface area contributed by atoms with Crippen molar-refractivity contribution < 1.29 is 14.4 Å². The Bertz CT molecular complexity index is 785. The fourth-order valence-electron chi connectivity index (χ4n) is 2.76. The highest BCUT2D eigenvalue weighted by Gasteiger charge is 2.21. The number of nitrogens with one attached hydrogen (secondary N) is 1. The summed E-state index contributed by atoms with van der Waals surface area (Å²) in [6.45, 7) is 0. The molecule has 1 saturated carbocycles. The zero-order valence-corrected chi connectivity index (χ0v) is 14.7. The molecule has 126 valence electrons. The third-order valence-electron chi connectivity index (χ3n) is 3.97. The Morgan fingerprint density at radius 3 is 2.58 bits per heavy atom. The maximum Gasteiger partial charge on any atom is 0.336 e. The molecular formula is C17H19N2O3S2+. The highest BCUT2D eigenvalue weighted by atomic mass is 32.2. The van der Waals surface area contributed by atoms with Gasteiger partial charge in [-0.25, -0.2) is 4.79 Å². The van der Waals surface area contributed by atoms with E-state index in [0.717, 1.165) is 17.4 Å². The van der Waals surface area contributed by atoms with E-state index in [0.29, 0.717) is 20.2 Å². The van der Waals surface area contributed by atoms with Crippen molar-refractivity contribution in [1.82, 2.24) is 5.10 Å². The fourth-order valence-corrected chi connectivity index (χ4v) is 4.87. The molecule has 0 amide bonds. The lowest BCUT2D eigenvalue weighted by atomic mass is 10.0. The number of aromatic amines is 1. The average molecular weight is 363 g/mol. The lowest BCUT2D eigenvalue weighted by Gasteiger charge is -2.18. The first kappa shape index (κ1) is 17.1. The van der Waals surface area contributed by atoms with Gasteiger partial charge in [0.25, 0.3) is 0 Å². The van der Waals surface area contributed by atoms with Crippen molar-refractivity contribution in [2.45, 2.75) is 52.3 Å². The Morgan fingerprint density at radius 1 is 1.12 bits per heavy atom. The molecule has 0 atom stereocenters. The van der Waals surface area contributed by atoms with Gasteiger partial charge in [-0.15, -0.1) is 5.10 Å². The van der Waals surface area contributed by atoms with Crippen LogP contribution in [0.4, 0.5) is 0 Å². The van der Waals surface area contributed by atoms with Crippen molar-refractivity contribution in [2.24, 2.45) is 0 Å². The minimum Gasteiger partial charge on any atom is -0.478 e. The minimum atomic E-state index is -0.974. The molecule has 1 fully saturated rings. The van der Waals surface area contributed by atoms with E-state index in [2.05, 4.69) is 5.10 Å². The summed E-state index contributed by atoms with van der Waals surface area (Å²) < 4.78 is 0.783. The van der Waals surface area contributed by atoms with Crippen LogP contribution in [0, 0.1) is 4.91 Å². The van der Waals surface area contributed by atoms with Gasteiger partial charge in [0.2, 0.25) is 0 Å². The molecule has 0 unspecified atom stereocenters. The Kier molecular flexibility index (Phi) is 5.63. The second-order valence-corrected chi connectivity index (χ2v) is 8.13. The molecule has 0 saturated heterocycles. The Balaban J connectivity index is 1.75. The first-order chi connectivity index (χ1) is 11.6. The van der Waals surface area contributed by atoms with Gasteiger partial charge in [-0.2, -0.15) is 0 Å². The third-order valence-corrected chi connectivity index (χ3v) is 6.34. The lowest BCUT2D eigenvalue weighted by molar-refractivity contribution is -0.609. The van der Waals surface area contributed by atoms with Crippen LogP contribution in [0.1, 0.15) is 42.5 Å². The molecule has 1 heterocycles. The number of hydrogen-bond donors (Lipinski definition) is 2. The summed E-state index contributed by atoms with van der Waals surface area (Å²) in [4.78, 5) is 24.1. The van der Waals surface area contributed by atoms with E-state index in [9.17, 15) is 14.8 Å². The van der Waals surface area contributed by atoms with E-state index in [4.69, 9.17) is 0 Å². The number of aromatic carboxylic acids is 1. The van der Waals surface area contributed by atoms with Crippen LogP contribution in [0.5, 0.6) is 0 Å². The number of carboxylic acid groups (broad SMARTS) is 1. The number of nitrogens with zero attached hydrogens (tertiary/aromatic N) is 1. The van der Waals surface area contributed by atoms with Crippen molar-refractivity contribution in [3.63, 3.8) is 0 Å². The van der Waals surface area contributed by atoms with Crippen molar-refractivity contribution in [1.29, 1.82) is 0 Å². The maximum atomic E-state index is 12.2. The van der Waals surface area contributed by atoms with Crippen LogP contribution in [0.15, 0.2) is 51.3 Å². The van der Waals surface area contributed by atoms with Gasteiger partial charge in [0.15, 0.2) is 4.54 Å². The maximum absolute atomic E-state index is 12.2. The molecule has 0 radical (unpaired) electrons. The molecule has 2 N–H and O–H groups in total. The largest absolute Gasteiger partial charge is 0.478 e. The number of thioether (sulfide) groups is 1. The predicted molar refractivity (Wildman–Crippen MR) is 94.4 cm³/mol. The van der Waals surface area contributed by atoms with E-state index in [1.807, 2.05) is 12.1 Å². The molecule has 3 rings (SSSR count). The molecule has 5 nitrogen and oxygen atoms in total. The van der Waals surface area contributed by atoms with Crippen molar-refractivity contribution >= 4 is 29.5 Å². The Labute approximate surface area is 148 Å². The summed E-state index contributed by atoms with van der Waals surface area (Å²) in [7, 11) is 0. The van der Waals surface area contributed by atoms with Crippen LogP contribution in [0.3, 0.4) is 0 Å². The minimum absolute atomic E-state index is 0.231. The molecule has 2 aromatic rings. The van der Waals surface area contributed by atoms with Gasteiger partial charge < -0.3 is 5.11 Å². The molecule has 1 aromatic heterocycles. The molecule has 0 aliphatic heterocycles. The van der Waals surface area contributed by atoms with Crippen LogP contribution in [0.25, 0.3) is 0 Å². The van der Waals surface area contributed by atoms with E-state index < -0.39 is 5.97 Å². The van der Waals surface area contributed by atoms with E-state index in [1.54, 1.807) is 36.0 Å². The number of rotatable bonds is 5. The van der Waals surface area contributed by atoms with Crippen LogP contribution < -0.4 is 4.54 Å². The van der Waals surface area contributed by atoms with Gasteiger partial charge in [0, 0.05) is 16.2 Å². The molecular weight excluding hydrogens is 344 g/mol. The zero-order chi connectivity index (χ0) is 16.9. The topological polar surface area (TPSA) is 76.1 Å². The second-order valence-electron chi connectivity index (χ2n) is 5.72. The third kappa shape index (κ3) is 4.21. The van der Waals surface area contributed by atoms with Gasteiger partial charge in [-0.05, 0) is 42.8 Å². The molecule has 0 bridgehead atoms. The number of aromatic nitrogens is 2. The summed E-state index contributed by atoms with van der Waals surface area (Å²) in [5.74, 6) is -0.974.